The highest BCUT2D eigenvalue weighted by molar-refractivity contribution is 7.93. The Labute approximate surface area is 160 Å². The first-order valence-electron chi connectivity index (χ1n) is 8.37. The van der Waals surface area contributed by atoms with E-state index in [9.17, 15) is 26.4 Å². The summed E-state index contributed by atoms with van der Waals surface area (Å²) in [5.74, 6) is -0.687. The van der Waals surface area contributed by atoms with Crippen molar-refractivity contribution in [3.63, 3.8) is 0 Å². The molecule has 0 radical (unpaired) electrons. The van der Waals surface area contributed by atoms with Crippen LogP contribution in [-0.4, -0.2) is 33.0 Å². The fourth-order valence-electron chi connectivity index (χ4n) is 2.83. The number of hydrogen-bond acceptors (Lipinski definition) is 4. The van der Waals surface area contributed by atoms with Crippen LogP contribution >= 0.6 is 0 Å². The van der Waals surface area contributed by atoms with Crippen molar-refractivity contribution in [1.29, 1.82) is 0 Å². The largest absolute Gasteiger partial charge is 0.573 e. The molecule has 1 amide bonds. The zero-order valence-electron chi connectivity index (χ0n) is 14.6. The highest BCUT2D eigenvalue weighted by atomic mass is 32.2. The third-order valence-electron chi connectivity index (χ3n) is 4.11. The van der Waals surface area contributed by atoms with E-state index < -0.39 is 22.3 Å². The van der Waals surface area contributed by atoms with Gasteiger partial charge in [0.05, 0.1) is 11.4 Å². The van der Waals surface area contributed by atoms with Gasteiger partial charge in [-0.3, -0.25) is 9.10 Å². The van der Waals surface area contributed by atoms with Gasteiger partial charge in [0.15, 0.2) is 0 Å². The quantitative estimate of drug-likeness (QED) is 0.816. The van der Waals surface area contributed by atoms with Gasteiger partial charge in [0.25, 0.3) is 5.91 Å². The topological polar surface area (TPSA) is 75.7 Å². The molecule has 1 N–H and O–H groups in total. The van der Waals surface area contributed by atoms with Gasteiger partial charge in [0.1, 0.15) is 5.75 Å². The van der Waals surface area contributed by atoms with E-state index >= 15 is 0 Å². The van der Waals surface area contributed by atoms with Crippen LogP contribution in [0.15, 0.2) is 48.5 Å². The molecule has 10 heteroatoms. The van der Waals surface area contributed by atoms with Crippen LogP contribution in [0.4, 0.5) is 18.9 Å². The van der Waals surface area contributed by atoms with Gasteiger partial charge in [-0.15, -0.1) is 13.2 Å². The van der Waals surface area contributed by atoms with Crippen LogP contribution in [0.2, 0.25) is 0 Å². The number of alkyl halides is 3. The Bertz CT molecular complexity index is 960. The van der Waals surface area contributed by atoms with E-state index in [0.29, 0.717) is 24.2 Å². The number of nitrogens with one attached hydrogen (secondary N) is 1. The molecule has 0 aromatic heterocycles. The number of rotatable bonds is 5. The summed E-state index contributed by atoms with van der Waals surface area (Å²) < 4.78 is 65.6. The van der Waals surface area contributed by atoms with Crippen molar-refractivity contribution < 1.29 is 31.1 Å². The molecule has 0 bridgehead atoms. The molecule has 1 fully saturated rings. The van der Waals surface area contributed by atoms with Gasteiger partial charge in [0, 0.05) is 18.7 Å². The molecule has 0 aliphatic carbocycles. The highest BCUT2D eigenvalue weighted by Gasteiger charge is 2.31. The zero-order chi connectivity index (χ0) is 20.4. The van der Waals surface area contributed by atoms with Crippen LogP contribution in [0.1, 0.15) is 22.3 Å². The molecule has 1 saturated heterocycles. The van der Waals surface area contributed by atoms with Gasteiger partial charge < -0.3 is 10.1 Å². The number of amides is 1. The Morgan fingerprint density at radius 2 is 1.86 bits per heavy atom. The number of carbonyl (C=O) groups excluding carboxylic acids is 1. The summed E-state index contributed by atoms with van der Waals surface area (Å²) in [6.07, 6.45) is -4.23. The van der Waals surface area contributed by atoms with E-state index in [4.69, 9.17) is 0 Å². The number of nitrogens with zero attached hydrogens (tertiary/aromatic N) is 1. The maximum absolute atomic E-state index is 12.3. The summed E-state index contributed by atoms with van der Waals surface area (Å²) in [4.78, 5) is 12.3. The Morgan fingerprint density at radius 1 is 1.14 bits per heavy atom. The number of halogens is 3. The molecule has 0 spiro atoms. The number of carbonyl (C=O) groups is 1. The van der Waals surface area contributed by atoms with Crippen molar-refractivity contribution in [3.8, 4) is 5.75 Å². The number of hydrogen-bond donors (Lipinski definition) is 1. The molecule has 0 saturated carbocycles. The smallest absolute Gasteiger partial charge is 0.406 e. The molecule has 3 rings (SSSR count). The second-order valence-electron chi connectivity index (χ2n) is 6.17. The molecule has 0 atom stereocenters. The van der Waals surface area contributed by atoms with Crippen LogP contribution in [-0.2, 0) is 16.6 Å². The van der Waals surface area contributed by atoms with Crippen LogP contribution in [0, 0.1) is 0 Å². The maximum Gasteiger partial charge on any atom is 0.573 e. The minimum absolute atomic E-state index is 0.0808. The van der Waals surface area contributed by atoms with E-state index in [-0.39, 0.29) is 23.6 Å². The lowest BCUT2D eigenvalue weighted by Crippen LogP contribution is -2.26. The fraction of sp³-hybridized carbons (Fsp3) is 0.278. The van der Waals surface area contributed by atoms with Gasteiger partial charge in [-0.05, 0) is 42.3 Å². The molecular formula is C18H17F3N2O4S. The van der Waals surface area contributed by atoms with Crippen LogP contribution in [0.25, 0.3) is 0 Å². The Kier molecular flexibility index (Phi) is 5.50. The number of benzene rings is 2. The second-order valence-corrected chi connectivity index (χ2v) is 8.18. The lowest BCUT2D eigenvalue weighted by atomic mass is 10.1. The van der Waals surface area contributed by atoms with Crippen LogP contribution < -0.4 is 14.4 Å². The van der Waals surface area contributed by atoms with Gasteiger partial charge in [-0.25, -0.2) is 8.42 Å². The van der Waals surface area contributed by atoms with Crippen molar-refractivity contribution in [2.45, 2.75) is 19.3 Å². The molecule has 1 aliphatic rings. The molecule has 2 aromatic rings. The molecule has 150 valence electrons. The SMILES string of the molecule is O=C(NCc1ccc(OC(F)(F)F)cc1)c1cccc(N2CCCS2(=O)=O)c1. The van der Waals surface area contributed by atoms with E-state index in [1.165, 1.54) is 22.5 Å². The van der Waals surface area contributed by atoms with Crippen molar-refractivity contribution in [2.75, 3.05) is 16.6 Å². The predicted molar refractivity (Wildman–Crippen MR) is 96.5 cm³/mol. The number of anilines is 1. The third-order valence-corrected chi connectivity index (χ3v) is 5.98. The summed E-state index contributed by atoms with van der Waals surface area (Å²) in [5, 5.41) is 2.65. The average Bonchev–Trinajstić information content (AvgIpc) is 2.99. The Balaban J connectivity index is 1.63. The van der Waals surface area contributed by atoms with Crippen molar-refractivity contribution in [1.82, 2.24) is 5.32 Å². The van der Waals surface area contributed by atoms with E-state index in [0.717, 1.165) is 12.1 Å². The summed E-state index contributed by atoms with van der Waals surface area (Å²) in [6.45, 7) is 0.469. The molecule has 0 unspecified atom stereocenters. The average molecular weight is 414 g/mol. The van der Waals surface area contributed by atoms with Gasteiger partial charge in [-0.1, -0.05) is 18.2 Å². The fourth-order valence-corrected chi connectivity index (χ4v) is 4.38. The first kappa shape index (κ1) is 20.0. The summed E-state index contributed by atoms with van der Waals surface area (Å²) >= 11 is 0. The Morgan fingerprint density at radius 3 is 2.46 bits per heavy atom. The lowest BCUT2D eigenvalue weighted by Gasteiger charge is -2.17. The van der Waals surface area contributed by atoms with Gasteiger partial charge in [-0.2, -0.15) is 0 Å². The maximum atomic E-state index is 12.3. The highest BCUT2D eigenvalue weighted by Crippen LogP contribution is 2.25. The standard InChI is InChI=1S/C18H17F3N2O4S/c19-18(20,21)27-16-7-5-13(6-8-16)12-22-17(24)14-3-1-4-15(11-14)23-9-2-10-28(23,25)26/h1,3-8,11H,2,9-10,12H2,(H,22,24). The van der Waals surface area contributed by atoms with Gasteiger partial charge >= 0.3 is 6.36 Å². The van der Waals surface area contributed by atoms with Crippen LogP contribution in [0.5, 0.6) is 5.75 Å². The van der Waals surface area contributed by atoms with Crippen molar-refractivity contribution in [2.24, 2.45) is 0 Å². The predicted octanol–water partition coefficient (Wildman–Crippen LogP) is 3.06. The molecule has 1 aliphatic heterocycles. The second kappa shape index (κ2) is 7.70. The first-order chi connectivity index (χ1) is 13.1. The minimum atomic E-state index is -4.76. The van der Waals surface area contributed by atoms with Crippen molar-refractivity contribution >= 4 is 21.6 Å². The summed E-state index contributed by atoms with van der Waals surface area (Å²) in [6, 6.07) is 11.4. The Hall–Kier alpha value is -2.75. The normalized spacial score (nSPS) is 16.0. The minimum Gasteiger partial charge on any atom is -0.406 e. The zero-order valence-corrected chi connectivity index (χ0v) is 15.4. The number of sulfonamides is 1. The summed E-state index contributed by atoms with van der Waals surface area (Å²) in [7, 11) is -3.35. The summed E-state index contributed by atoms with van der Waals surface area (Å²) in [5.41, 5.74) is 1.30. The first-order valence-corrected chi connectivity index (χ1v) is 9.98. The molecular weight excluding hydrogens is 397 g/mol. The number of ether oxygens (including phenoxy) is 1. The molecule has 2 aromatic carbocycles. The van der Waals surface area contributed by atoms with E-state index in [1.807, 2.05) is 0 Å². The van der Waals surface area contributed by atoms with Crippen molar-refractivity contribution in [3.05, 3.63) is 59.7 Å². The third kappa shape index (κ3) is 4.94. The van der Waals surface area contributed by atoms with E-state index in [2.05, 4.69) is 10.1 Å². The van der Waals surface area contributed by atoms with Gasteiger partial charge in [0.2, 0.25) is 10.0 Å². The molecule has 1 heterocycles. The lowest BCUT2D eigenvalue weighted by molar-refractivity contribution is -0.274. The van der Waals surface area contributed by atoms with Crippen LogP contribution in [0.3, 0.4) is 0 Å². The molecule has 6 nitrogen and oxygen atoms in total. The molecule has 28 heavy (non-hydrogen) atoms. The van der Waals surface area contributed by atoms with E-state index in [1.54, 1.807) is 18.2 Å². The monoisotopic (exact) mass is 414 g/mol.